The summed E-state index contributed by atoms with van der Waals surface area (Å²) in [6.45, 7) is 3.74. The monoisotopic (exact) mass is 448 g/mol. The molecule has 102 valence electrons. The van der Waals surface area contributed by atoms with Crippen molar-refractivity contribution >= 4 is 69.0 Å². The maximum atomic E-state index is 5.75. The number of aryl methyl sites for hydroxylation is 2. The summed E-state index contributed by atoms with van der Waals surface area (Å²) in [5, 5.41) is 1.79. The quantitative estimate of drug-likeness (QED) is 0.364. The third-order valence-corrected chi connectivity index (χ3v) is 4.56. The topological polar surface area (TPSA) is 25.8 Å². The number of pyridine rings is 2. The van der Waals surface area contributed by atoms with Crippen molar-refractivity contribution in [1.29, 1.82) is 0 Å². The first kappa shape index (κ1) is 17.2. The number of rotatable bonds is 0. The van der Waals surface area contributed by atoms with Gasteiger partial charge in [-0.15, -0.1) is 0 Å². The number of hydrogen-bond donors (Lipinski definition) is 0. The Bertz CT molecular complexity index is 567. The largest absolute Gasteiger partial charge is 0.240 e. The molecule has 0 amide bonds. The molecule has 2 nitrogen and oxygen atoms in total. The highest BCUT2D eigenvalue weighted by molar-refractivity contribution is 14.1. The van der Waals surface area contributed by atoms with Crippen LogP contribution in [0.25, 0.3) is 0 Å². The molecule has 0 aromatic carbocycles. The zero-order chi connectivity index (χ0) is 14.6. The number of hydrogen-bond acceptors (Lipinski definition) is 2. The summed E-state index contributed by atoms with van der Waals surface area (Å²) in [6.07, 6.45) is 0. The molecule has 0 bridgehead atoms. The molecule has 0 aliphatic carbocycles. The van der Waals surface area contributed by atoms with Gasteiger partial charge in [0.1, 0.15) is 10.3 Å². The van der Waals surface area contributed by atoms with E-state index in [1.165, 1.54) is 0 Å². The van der Waals surface area contributed by atoms with Gasteiger partial charge in [-0.05, 0) is 54.6 Å². The van der Waals surface area contributed by atoms with Crippen LogP contribution in [-0.2, 0) is 0 Å². The fourth-order valence-electron chi connectivity index (χ4n) is 1.09. The van der Waals surface area contributed by atoms with Crippen LogP contribution in [0.15, 0.2) is 18.2 Å². The van der Waals surface area contributed by atoms with Gasteiger partial charge in [-0.1, -0.05) is 46.4 Å². The van der Waals surface area contributed by atoms with E-state index in [4.69, 9.17) is 46.4 Å². The third kappa shape index (κ3) is 5.60. The summed E-state index contributed by atoms with van der Waals surface area (Å²) < 4.78 is 0.941. The zero-order valence-corrected chi connectivity index (χ0v) is 15.2. The molecule has 19 heavy (non-hydrogen) atoms. The minimum atomic E-state index is 0.372. The Hall–Kier alpha value is 0.190. The van der Waals surface area contributed by atoms with Crippen LogP contribution in [0.1, 0.15) is 11.4 Å². The normalized spacial score (nSPS) is 9.84. The molecule has 2 aromatic rings. The molecule has 0 aliphatic rings. The van der Waals surface area contributed by atoms with Crippen molar-refractivity contribution in [2.75, 3.05) is 0 Å². The van der Waals surface area contributed by atoms with Gasteiger partial charge >= 0.3 is 0 Å². The SMILES string of the molecule is Cc1cc(I)c(Cl)c(Cl)n1.Cc1ccc(Cl)c(Cl)n1. The van der Waals surface area contributed by atoms with Gasteiger partial charge in [-0.2, -0.15) is 0 Å². The summed E-state index contributed by atoms with van der Waals surface area (Å²) >= 11 is 24.7. The van der Waals surface area contributed by atoms with Crippen LogP contribution in [0, 0.1) is 17.4 Å². The second kappa shape index (κ2) is 7.84. The molecule has 0 saturated carbocycles. The lowest BCUT2D eigenvalue weighted by Gasteiger charge is -1.98. The van der Waals surface area contributed by atoms with Crippen molar-refractivity contribution in [2.24, 2.45) is 0 Å². The lowest BCUT2D eigenvalue weighted by Crippen LogP contribution is -1.85. The maximum absolute atomic E-state index is 5.75. The van der Waals surface area contributed by atoms with Crippen LogP contribution < -0.4 is 0 Å². The maximum Gasteiger partial charge on any atom is 0.148 e. The van der Waals surface area contributed by atoms with Crippen molar-refractivity contribution in [3.05, 3.63) is 53.5 Å². The minimum Gasteiger partial charge on any atom is -0.240 e. The van der Waals surface area contributed by atoms with Crippen molar-refractivity contribution in [2.45, 2.75) is 13.8 Å². The molecule has 0 N–H and O–H groups in total. The minimum absolute atomic E-state index is 0.372. The van der Waals surface area contributed by atoms with E-state index in [-0.39, 0.29) is 0 Å². The number of nitrogens with zero attached hydrogens (tertiary/aromatic N) is 2. The van der Waals surface area contributed by atoms with Gasteiger partial charge in [-0.3, -0.25) is 0 Å². The van der Waals surface area contributed by atoms with Gasteiger partial charge in [0, 0.05) is 15.0 Å². The molecule has 0 fully saturated rings. The van der Waals surface area contributed by atoms with Gasteiger partial charge in [0.2, 0.25) is 0 Å². The molecule has 2 heterocycles. The molecule has 2 rings (SSSR count). The van der Waals surface area contributed by atoms with Crippen molar-refractivity contribution < 1.29 is 0 Å². The molecule has 7 heteroatoms. The molecule has 0 atom stereocenters. The van der Waals surface area contributed by atoms with Crippen LogP contribution in [0.3, 0.4) is 0 Å². The van der Waals surface area contributed by atoms with Crippen LogP contribution in [-0.4, -0.2) is 9.97 Å². The number of aromatic nitrogens is 2. The molecular weight excluding hydrogens is 441 g/mol. The molecule has 0 radical (unpaired) electrons. The second-order valence-electron chi connectivity index (χ2n) is 3.58. The van der Waals surface area contributed by atoms with Gasteiger partial charge in [-0.25, -0.2) is 9.97 Å². The summed E-state index contributed by atoms with van der Waals surface area (Å²) in [5.74, 6) is 0. The standard InChI is InChI=1S/C6H4Cl2IN.C6H5Cl2N/c1-3-2-4(9)5(7)6(8)10-3;1-4-2-3-5(7)6(8)9-4/h2H,1H3;2-3H,1H3. The van der Waals surface area contributed by atoms with Gasteiger partial charge in [0.15, 0.2) is 0 Å². The third-order valence-electron chi connectivity index (χ3n) is 1.94. The fourth-order valence-corrected chi connectivity index (χ4v) is 2.59. The molecule has 2 aromatic heterocycles. The fraction of sp³-hybridized carbons (Fsp3) is 0.167. The van der Waals surface area contributed by atoms with E-state index in [1.807, 2.05) is 26.0 Å². The first-order valence-electron chi connectivity index (χ1n) is 5.08. The lowest BCUT2D eigenvalue weighted by atomic mass is 10.4. The second-order valence-corrected chi connectivity index (χ2v) is 6.24. The number of halogens is 5. The molecule has 0 unspecified atom stereocenters. The summed E-state index contributed by atoms with van der Waals surface area (Å²) in [5.41, 5.74) is 1.77. The van der Waals surface area contributed by atoms with Crippen molar-refractivity contribution in [3.63, 3.8) is 0 Å². The Balaban J connectivity index is 0.000000191. The summed E-state index contributed by atoms with van der Waals surface area (Å²) in [7, 11) is 0. The van der Waals surface area contributed by atoms with E-state index < -0.39 is 0 Å². The Morgan fingerprint density at radius 1 is 0.895 bits per heavy atom. The van der Waals surface area contributed by atoms with E-state index in [9.17, 15) is 0 Å². The predicted octanol–water partition coefficient (Wildman–Crippen LogP) is 6.00. The van der Waals surface area contributed by atoms with Crippen molar-refractivity contribution in [3.8, 4) is 0 Å². The highest BCUT2D eigenvalue weighted by Crippen LogP contribution is 2.25. The van der Waals surface area contributed by atoms with Crippen LogP contribution >= 0.6 is 69.0 Å². The highest BCUT2D eigenvalue weighted by atomic mass is 127. The van der Waals surface area contributed by atoms with Crippen LogP contribution in [0.2, 0.25) is 20.4 Å². The summed E-state index contributed by atoms with van der Waals surface area (Å²) in [4.78, 5) is 7.87. The Kier molecular flexibility index (Phi) is 7.11. The lowest BCUT2D eigenvalue weighted by molar-refractivity contribution is 1.19. The summed E-state index contributed by atoms with van der Waals surface area (Å²) in [6, 6.07) is 5.43. The Labute approximate surface area is 145 Å². The van der Waals surface area contributed by atoms with E-state index in [1.54, 1.807) is 6.07 Å². The zero-order valence-electron chi connectivity index (χ0n) is 10.0. The highest BCUT2D eigenvalue weighted by Gasteiger charge is 2.03. The van der Waals surface area contributed by atoms with Gasteiger partial charge < -0.3 is 0 Å². The molecule has 0 spiro atoms. The predicted molar refractivity (Wildman–Crippen MR) is 90.7 cm³/mol. The van der Waals surface area contributed by atoms with Crippen LogP contribution in [0.4, 0.5) is 0 Å². The first-order chi connectivity index (χ1) is 8.81. The van der Waals surface area contributed by atoms with E-state index in [0.717, 1.165) is 15.0 Å². The Morgan fingerprint density at radius 2 is 1.47 bits per heavy atom. The molecule has 0 saturated heterocycles. The molecular formula is C12H9Cl4IN2. The average molecular weight is 450 g/mol. The van der Waals surface area contributed by atoms with E-state index in [2.05, 4.69) is 32.6 Å². The molecule has 0 aliphatic heterocycles. The van der Waals surface area contributed by atoms with Gasteiger partial charge in [0.05, 0.1) is 10.0 Å². The van der Waals surface area contributed by atoms with E-state index in [0.29, 0.717) is 20.4 Å². The Morgan fingerprint density at radius 3 is 1.95 bits per heavy atom. The smallest absolute Gasteiger partial charge is 0.148 e. The van der Waals surface area contributed by atoms with Crippen molar-refractivity contribution in [1.82, 2.24) is 9.97 Å². The van der Waals surface area contributed by atoms with Gasteiger partial charge in [0.25, 0.3) is 0 Å². The van der Waals surface area contributed by atoms with Crippen LogP contribution in [0.5, 0.6) is 0 Å². The average Bonchev–Trinajstić information content (AvgIpc) is 2.32. The van der Waals surface area contributed by atoms with E-state index >= 15 is 0 Å². The first-order valence-corrected chi connectivity index (χ1v) is 7.67.